The molecule has 0 aliphatic carbocycles. The Hall–Kier alpha value is -1.02. The highest BCUT2D eigenvalue weighted by molar-refractivity contribution is 14.0. The summed E-state index contributed by atoms with van der Waals surface area (Å²) in [5.74, 6) is 1.02. The summed E-state index contributed by atoms with van der Waals surface area (Å²) in [7, 11) is 1.87. The van der Waals surface area contributed by atoms with Crippen molar-refractivity contribution in [3.63, 3.8) is 0 Å². The van der Waals surface area contributed by atoms with Gasteiger partial charge in [0.05, 0.1) is 6.10 Å². The highest BCUT2D eigenvalue weighted by Crippen LogP contribution is 2.16. The number of nitrogens with one attached hydrogen (secondary N) is 1. The van der Waals surface area contributed by atoms with E-state index in [4.69, 9.17) is 4.74 Å². The van der Waals surface area contributed by atoms with Crippen molar-refractivity contribution in [3.05, 3.63) is 30.3 Å². The molecule has 0 bridgehead atoms. The highest BCUT2D eigenvalue weighted by atomic mass is 127. The summed E-state index contributed by atoms with van der Waals surface area (Å²) in [6.07, 6.45) is 3.93. The van der Waals surface area contributed by atoms with Gasteiger partial charge < -0.3 is 19.9 Å². The van der Waals surface area contributed by atoms with Crippen LogP contribution in [0.15, 0.2) is 35.3 Å². The van der Waals surface area contributed by atoms with E-state index in [9.17, 15) is 0 Å². The lowest BCUT2D eigenvalue weighted by atomic mass is 10.2. The van der Waals surface area contributed by atoms with Gasteiger partial charge in [-0.05, 0) is 31.4 Å². The summed E-state index contributed by atoms with van der Waals surface area (Å²) in [6, 6.07) is 10.6. The van der Waals surface area contributed by atoms with E-state index in [1.165, 1.54) is 18.5 Å². The van der Waals surface area contributed by atoms with E-state index >= 15 is 0 Å². The van der Waals surface area contributed by atoms with Gasteiger partial charge in [0.25, 0.3) is 0 Å². The maximum Gasteiger partial charge on any atom is 0.193 e. The fourth-order valence-corrected chi connectivity index (χ4v) is 3.36. The molecular formula is C18H29IN4O. The van der Waals surface area contributed by atoms with Gasteiger partial charge in [-0.15, -0.1) is 24.0 Å². The predicted octanol–water partition coefficient (Wildman–Crippen LogP) is 2.57. The number of ether oxygens (including phenoxy) is 1. The Morgan fingerprint density at radius 1 is 1.21 bits per heavy atom. The first-order valence-electron chi connectivity index (χ1n) is 8.74. The van der Waals surface area contributed by atoms with Gasteiger partial charge in [0, 0.05) is 52.1 Å². The Labute approximate surface area is 162 Å². The molecule has 0 saturated carbocycles. The molecule has 3 rings (SSSR count). The lowest BCUT2D eigenvalue weighted by molar-refractivity contribution is 0.105. The van der Waals surface area contributed by atoms with E-state index in [2.05, 4.69) is 50.4 Å². The summed E-state index contributed by atoms with van der Waals surface area (Å²) in [5, 5.41) is 3.50. The van der Waals surface area contributed by atoms with Crippen LogP contribution in [-0.2, 0) is 4.74 Å². The van der Waals surface area contributed by atoms with Crippen molar-refractivity contribution in [1.29, 1.82) is 0 Å². The molecule has 0 radical (unpaired) electrons. The maximum atomic E-state index is 5.68. The zero-order valence-electron chi connectivity index (χ0n) is 14.5. The summed E-state index contributed by atoms with van der Waals surface area (Å²) in [4.78, 5) is 9.24. The molecule has 1 unspecified atom stereocenters. The summed E-state index contributed by atoms with van der Waals surface area (Å²) < 4.78 is 5.68. The van der Waals surface area contributed by atoms with Crippen LogP contribution in [0.2, 0.25) is 0 Å². The van der Waals surface area contributed by atoms with Crippen LogP contribution in [0.25, 0.3) is 0 Å². The molecular weight excluding hydrogens is 415 g/mol. The molecule has 1 aromatic rings. The van der Waals surface area contributed by atoms with Crippen LogP contribution in [-0.4, -0.2) is 63.3 Å². The second-order valence-corrected chi connectivity index (χ2v) is 6.21. The summed E-state index contributed by atoms with van der Waals surface area (Å²) in [6.45, 7) is 5.97. The van der Waals surface area contributed by atoms with E-state index in [0.29, 0.717) is 6.10 Å². The summed E-state index contributed by atoms with van der Waals surface area (Å²) in [5.41, 5.74) is 1.31. The van der Waals surface area contributed by atoms with Gasteiger partial charge in [0.2, 0.25) is 0 Å². The first-order chi connectivity index (χ1) is 11.4. The molecule has 0 spiro atoms. The van der Waals surface area contributed by atoms with Gasteiger partial charge in [0.1, 0.15) is 0 Å². The number of benzene rings is 1. The number of para-hydroxylation sites is 1. The van der Waals surface area contributed by atoms with E-state index in [-0.39, 0.29) is 24.0 Å². The van der Waals surface area contributed by atoms with Crippen LogP contribution in [0.4, 0.5) is 5.69 Å². The third kappa shape index (κ3) is 5.24. The minimum atomic E-state index is 0. The third-order valence-corrected chi connectivity index (χ3v) is 4.69. The Morgan fingerprint density at radius 3 is 2.58 bits per heavy atom. The van der Waals surface area contributed by atoms with Crippen LogP contribution in [0, 0.1) is 0 Å². The molecule has 1 N–H and O–H groups in total. The second-order valence-electron chi connectivity index (χ2n) is 6.21. The molecule has 0 amide bonds. The molecule has 5 nitrogen and oxygen atoms in total. The van der Waals surface area contributed by atoms with Crippen molar-refractivity contribution in [2.75, 3.05) is 51.3 Å². The number of anilines is 1. The smallest absolute Gasteiger partial charge is 0.193 e. The van der Waals surface area contributed by atoms with Crippen molar-refractivity contribution in [2.45, 2.75) is 25.4 Å². The molecule has 6 heteroatoms. The zero-order chi connectivity index (χ0) is 15.9. The third-order valence-electron chi connectivity index (χ3n) is 4.69. The number of guanidine groups is 1. The average Bonchev–Trinajstić information content (AvgIpc) is 3.13. The Kier molecular flexibility index (Phi) is 8.11. The number of hydrogen-bond donors (Lipinski definition) is 1. The van der Waals surface area contributed by atoms with Crippen molar-refractivity contribution in [3.8, 4) is 0 Å². The Morgan fingerprint density at radius 2 is 1.96 bits per heavy atom. The molecule has 2 heterocycles. The molecule has 1 atom stereocenters. The average molecular weight is 444 g/mol. The fourth-order valence-electron chi connectivity index (χ4n) is 3.36. The van der Waals surface area contributed by atoms with Gasteiger partial charge in [0.15, 0.2) is 5.96 Å². The van der Waals surface area contributed by atoms with E-state index in [0.717, 1.165) is 51.7 Å². The molecule has 1 aromatic carbocycles. The topological polar surface area (TPSA) is 40.1 Å². The van der Waals surface area contributed by atoms with Gasteiger partial charge in [-0.1, -0.05) is 18.2 Å². The minimum absolute atomic E-state index is 0. The fraction of sp³-hybridized carbons (Fsp3) is 0.611. The first-order valence-corrected chi connectivity index (χ1v) is 8.74. The van der Waals surface area contributed by atoms with Crippen LogP contribution in [0.5, 0.6) is 0 Å². The van der Waals surface area contributed by atoms with E-state index in [1.807, 2.05) is 7.05 Å². The lowest BCUT2D eigenvalue weighted by Crippen LogP contribution is -2.52. The zero-order valence-corrected chi connectivity index (χ0v) is 16.8. The molecule has 2 aliphatic rings. The number of nitrogens with zero attached hydrogens (tertiary/aromatic N) is 3. The quantitative estimate of drug-likeness (QED) is 0.441. The second kappa shape index (κ2) is 10.1. The van der Waals surface area contributed by atoms with Crippen LogP contribution < -0.4 is 10.2 Å². The van der Waals surface area contributed by atoms with Gasteiger partial charge in [-0.2, -0.15) is 0 Å². The maximum absolute atomic E-state index is 5.68. The molecule has 24 heavy (non-hydrogen) atoms. The summed E-state index contributed by atoms with van der Waals surface area (Å²) >= 11 is 0. The monoisotopic (exact) mass is 444 g/mol. The number of halogens is 1. The molecule has 2 fully saturated rings. The molecule has 0 aromatic heterocycles. The lowest BCUT2D eigenvalue weighted by Gasteiger charge is -2.37. The molecule has 134 valence electrons. The SMILES string of the molecule is CN=C(NCCC1CCCO1)N1CCN(c2ccccc2)CC1.I. The van der Waals surface area contributed by atoms with Gasteiger partial charge in [-0.3, -0.25) is 4.99 Å². The standard InChI is InChI=1S/C18H28N4O.HI/c1-19-18(20-10-9-17-8-5-15-23-17)22-13-11-21(12-14-22)16-6-3-2-4-7-16;/h2-4,6-7,17H,5,8-15H2,1H3,(H,19,20);1H. The number of rotatable bonds is 4. The van der Waals surface area contributed by atoms with Gasteiger partial charge >= 0.3 is 0 Å². The van der Waals surface area contributed by atoms with E-state index in [1.54, 1.807) is 0 Å². The molecule has 2 saturated heterocycles. The normalized spacial score (nSPS) is 21.5. The van der Waals surface area contributed by atoms with Crippen LogP contribution in [0.1, 0.15) is 19.3 Å². The van der Waals surface area contributed by atoms with Crippen LogP contribution >= 0.6 is 24.0 Å². The van der Waals surface area contributed by atoms with Crippen molar-refractivity contribution in [2.24, 2.45) is 4.99 Å². The van der Waals surface area contributed by atoms with Crippen molar-refractivity contribution >= 4 is 35.6 Å². The Bertz CT molecular complexity index is 497. The van der Waals surface area contributed by atoms with Crippen LogP contribution in [0.3, 0.4) is 0 Å². The van der Waals surface area contributed by atoms with Crippen molar-refractivity contribution in [1.82, 2.24) is 10.2 Å². The number of hydrogen-bond acceptors (Lipinski definition) is 3. The highest BCUT2D eigenvalue weighted by Gasteiger charge is 2.20. The van der Waals surface area contributed by atoms with E-state index < -0.39 is 0 Å². The number of piperazine rings is 1. The Balaban J connectivity index is 0.00000208. The molecule has 2 aliphatic heterocycles. The first kappa shape index (κ1) is 19.3. The van der Waals surface area contributed by atoms with Crippen molar-refractivity contribution < 1.29 is 4.74 Å². The van der Waals surface area contributed by atoms with Gasteiger partial charge in [-0.25, -0.2) is 0 Å². The minimum Gasteiger partial charge on any atom is -0.378 e. The largest absolute Gasteiger partial charge is 0.378 e. The predicted molar refractivity (Wildman–Crippen MR) is 111 cm³/mol. The number of aliphatic imine (C=N–C) groups is 1.